The van der Waals surface area contributed by atoms with E-state index in [2.05, 4.69) is 25.7 Å². The predicted molar refractivity (Wildman–Crippen MR) is 76.3 cm³/mol. The Morgan fingerprint density at radius 3 is 2.74 bits per heavy atom. The fraction of sp³-hybridized carbons (Fsp3) is 0.933. The van der Waals surface area contributed by atoms with Crippen molar-refractivity contribution in [1.82, 2.24) is 4.90 Å². The Labute approximate surface area is 117 Å². The minimum Gasteiger partial charge on any atom is -0.480 e. The molecule has 0 aromatic carbocycles. The molecule has 1 fully saturated rings. The first-order chi connectivity index (χ1) is 9.04. The summed E-state index contributed by atoms with van der Waals surface area (Å²) >= 11 is 0. The van der Waals surface area contributed by atoms with Crippen molar-refractivity contribution in [3.63, 3.8) is 0 Å². The van der Waals surface area contributed by atoms with Gasteiger partial charge >= 0.3 is 5.97 Å². The van der Waals surface area contributed by atoms with E-state index in [-0.39, 0.29) is 6.04 Å². The van der Waals surface area contributed by atoms with Crippen LogP contribution in [-0.4, -0.2) is 48.3 Å². The molecule has 2 atom stereocenters. The van der Waals surface area contributed by atoms with Crippen molar-refractivity contribution in [2.75, 3.05) is 26.3 Å². The topological polar surface area (TPSA) is 49.8 Å². The molecule has 4 heteroatoms. The van der Waals surface area contributed by atoms with Crippen LogP contribution in [0.15, 0.2) is 0 Å². The molecule has 19 heavy (non-hydrogen) atoms. The van der Waals surface area contributed by atoms with E-state index >= 15 is 0 Å². The molecule has 1 aliphatic rings. The SMILES string of the molecule is CCC1CCN(CCOCCC(C)C)C(C(=O)O)C1. The molecule has 4 nitrogen and oxygen atoms in total. The number of hydrogen-bond acceptors (Lipinski definition) is 3. The van der Waals surface area contributed by atoms with Gasteiger partial charge in [-0.1, -0.05) is 27.2 Å². The van der Waals surface area contributed by atoms with Gasteiger partial charge in [0.15, 0.2) is 0 Å². The largest absolute Gasteiger partial charge is 0.480 e. The number of hydrogen-bond donors (Lipinski definition) is 1. The third-order valence-electron chi connectivity index (χ3n) is 4.05. The minimum absolute atomic E-state index is 0.313. The fourth-order valence-electron chi connectivity index (χ4n) is 2.59. The summed E-state index contributed by atoms with van der Waals surface area (Å²) in [5.74, 6) is 0.548. The van der Waals surface area contributed by atoms with Gasteiger partial charge in [0.1, 0.15) is 6.04 Å². The standard InChI is InChI=1S/C15H29NO3/c1-4-13-5-7-16(14(11-13)15(17)18)8-10-19-9-6-12(2)3/h12-14H,4-11H2,1-3H3,(H,17,18). The lowest BCUT2D eigenvalue weighted by molar-refractivity contribution is -0.145. The summed E-state index contributed by atoms with van der Waals surface area (Å²) in [4.78, 5) is 13.4. The third kappa shape index (κ3) is 5.91. The van der Waals surface area contributed by atoms with Gasteiger partial charge in [0.25, 0.3) is 0 Å². The molecule has 0 aromatic heterocycles. The lowest BCUT2D eigenvalue weighted by atomic mass is 9.89. The first-order valence-corrected chi connectivity index (χ1v) is 7.59. The first-order valence-electron chi connectivity index (χ1n) is 7.59. The van der Waals surface area contributed by atoms with E-state index in [1.807, 2.05) is 0 Å². The van der Waals surface area contributed by atoms with Crippen molar-refractivity contribution in [1.29, 1.82) is 0 Å². The average Bonchev–Trinajstić information content (AvgIpc) is 2.38. The van der Waals surface area contributed by atoms with Gasteiger partial charge < -0.3 is 9.84 Å². The molecule has 0 aromatic rings. The highest BCUT2D eigenvalue weighted by atomic mass is 16.5. The molecule has 0 aliphatic carbocycles. The van der Waals surface area contributed by atoms with Crippen molar-refractivity contribution in [2.24, 2.45) is 11.8 Å². The summed E-state index contributed by atoms with van der Waals surface area (Å²) in [6.45, 7) is 9.57. The van der Waals surface area contributed by atoms with Gasteiger partial charge in [-0.15, -0.1) is 0 Å². The van der Waals surface area contributed by atoms with E-state index in [0.29, 0.717) is 18.4 Å². The molecule has 0 amide bonds. The molecular formula is C15H29NO3. The van der Waals surface area contributed by atoms with E-state index in [9.17, 15) is 9.90 Å². The van der Waals surface area contributed by atoms with Gasteiger partial charge in [0.2, 0.25) is 0 Å². The highest BCUT2D eigenvalue weighted by molar-refractivity contribution is 5.73. The summed E-state index contributed by atoms with van der Waals surface area (Å²) < 4.78 is 5.59. The number of piperidine rings is 1. The monoisotopic (exact) mass is 271 g/mol. The predicted octanol–water partition coefficient (Wildman–Crippen LogP) is 2.62. The van der Waals surface area contributed by atoms with Gasteiger partial charge in [0.05, 0.1) is 6.61 Å². The Morgan fingerprint density at radius 2 is 2.16 bits per heavy atom. The maximum atomic E-state index is 11.3. The Kier molecular flexibility index (Phi) is 7.39. The molecule has 112 valence electrons. The van der Waals surface area contributed by atoms with Crippen LogP contribution in [0.25, 0.3) is 0 Å². The zero-order valence-electron chi connectivity index (χ0n) is 12.6. The van der Waals surface area contributed by atoms with Gasteiger partial charge in [-0.2, -0.15) is 0 Å². The van der Waals surface area contributed by atoms with Crippen LogP contribution in [0.5, 0.6) is 0 Å². The summed E-state index contributed by atoms with van der Waals surface area (Å²) in [6, 6.07) is -0.313. The smallest absolute Gasteiger partial charge is 0.320 e. The van der Waals surface area contributed by atoms with Crippen molar-refractivity contribution in [3.8, 4) is 0 Å². The second-order valence-corrected chi connectivity index (χ2v) is 5.98. The second-order valence-electron chi connectivity index (χ2n) is 5.98. The molecule has 1 heterocycles. The number of rotatable bonds is 8. The van der Waals surface area contributed by atoms with E-state index in [1.165, 1.54) is 0 Å². The Balaban J connectivity index is 2.29. The van der Waals surface area contributed by atoms with Crippen molar-refractivity contribution < 1.29 is 14.6 Å². The number of nitrogens with zero attached hydrogens (tertiary/aromatic N) is 1. The molecule has 1 saturated heterocycles. The van der Waals surface area contributed by atoms with Crippen molar-refractivity contribution in [2.45, 2.75) is 52.5 Å². The van der Waals surface area contributed by atoms with Crippen LogP contribution < -0.4 is 0 Å². The lowest BCUT2D eigenvalue weighted by Gasteiger charge is -2.36. The molecule has 1 rings (SSSR count). The molecule has 0 radical (unpaired) electrons. The average molecular weight is 271 g/mol. The number of ether oxygens (including phenoxy) is 1. The minimum atomic E-state index is -0.680. The molecular weight excluding hydrogens is 242 g/mol. The number of likely N-dealkylation sites (tertiary alicyclic amines) is 1. The summed E-state index contributed by atoms with van der Waals surface area (Å²) in [6.07, 6.45) is 4.06. The van der Waals surface area contributed by atoms with Gasteiger partial charge in [-0.25, -0.2) is 0 Å². The Bertz CT molecular complexity index is 268. The molecule has 0 saturated carbocycles. The third-order valence-corrected chi connectivity index (χ3v) is 4.05. The van der Waals surface area contributed by atoms with Crippen LogP contribution in [0, 0.1) is 11.8 Å². The molecule has 1 aliphatic heterocycles. The molecule has 0 bridgehead atoms. The number of carbonyl (C=O) groups is 1. The summed E-state index contributed by atoms with van der Waals surface area (Å²) in [5, 5.41) is 9.31. The fourth-order valence-corrected chi connectivity index (χ4v) is 2.59. The molecule has 1 N–H and O–H groups in total. The van der Waals surface area contributed by atoms with E-state index < -0.39 is 5.97 Å². The van der Waals surface area contributed by atoms with Gasteiger partial charge in [0, 0.05) is 13.2 Å². The van der Waals surface area contributed by atoms with Crippen LogP contribution in [0.4, 0.5) is 0 Å². The second kappa shape index (κ2) is 8.54. The molecule has 2 unspecified atom stereocenters. The summed E-state index contributed by atoms with van der Waals surface area (Å²) in [5.41, 5.74) is 0. The first kappa shape index (κ1) is 16.4. The zero-order valence-corrected chi connectivity index (χ0v) is 12.6. The number of aliphatic carboxylic acids is 1. The highest BCUT2D eigenvalue weighted by Gasteiger charge is 2.32. The van der Waals surface area contributed by atoms with Gasteiger partial charge in [-0.3, -0.25) is 9.69 Å². The maximum absolute atomic E-state index is 11.3. The maximum Gasteiger partial charge on any atom is 0.320 e. The highest BCUT2D eigenvalue weighted by Crippen LogP contribution is 2.25. The Hall–Kier alpha value is -0.610. The van der Waals surface area contributed by atoms with Gasteiger partial charge in [-0.05, 0) is 37.6 Å². The number of carboxylic acids is 1. The van der Waals surface area contributed by atoms with Crippen LogP contribution in [0.2, 0.25) is 0 Å². The Morgan fingerprint density at radius 1 is 1.42 bits per heavy atom. The zero-order chi connectivity index (χ0) is 14.3. The summed E-state index contributed by atoms with van der Waals surface area (Å²) in [7, 11) is 0. The van der Waals surface area contributed by atoms with Crippen LogP contribution >= 0.6 is 0 Å². The van der Waals surface area contributed by atoms with E-state index in [1.54, 1.807) is 0 Å². The lowest BCUT2D eigenvalue weighted by Crippen LogP contribution is -2.48. The van der Waals surface area contributed by atoms with Crippen LogP contribution in [0.3, 0.4) is 0 Å². The van der Waals surface area contributed by atoms with E-state index in [4.69, 9.17) is 4.74 Å². The van der Waals surface area contributed by atoms with Crippen LogP contribution in [-0.2, 0) is 9.53 Å². The van der Waals surface area contributed by atoms with Crippen molar-refractivity contribution in [3.05, 3.63) is 0 Å². The van der Waals surface area contributed by atoms with E-state index in [0.717, 1.165) is 45.4 Å². The number of carboxylic acid groups (broad SMARTS) is 1. The molecule has 0 spiro atoms. The quantitative estimate of drug-likeness (QED) is 0.689. The van der Waals surface area contributed by atoms with Crippen molar-refractivity contribution >= 4 is 5.97 Å². The normalized spacial score (nSPS) is 24.8. The van der Waals surface area contributed by atoms with Crippen LogP contribution in [0.1, 0.15) is 46.5 Å².